The molecule has 1 aromatic carbocycles. The molecule has 3 heterocycles. The van der Waals surface area contributed by atoms with Crippen molar-refractivity contribution in [1.29, 1.82) is 0 Å². The molecule has 1 aliphatic rings. The molecule has 0 saturated heterocycles. The van der Waals surface area contributed by atoms with Crippen molar-refractivity contribution < 1.29 is 4.74 Å². The average molecular weight is 344 g/mol. The molecule has 6 heteroatoms. The van der Waals surface area contributed by atoms with E-state index >= 15 is 0 Å². The van der Waals surface area contributed by atoms with E-state index in [1.165, 1.54) is 10.1 Å². The number of rotatable bonds is 2. The molecular weight excluding hydrogens is 328 g/mol. The second kappa shape index (κ2) is 5.56. The first-order chi connectivity index (χ1) is 12.8. The molecule has 0 amide bonds. The van der Waals surface area contributed by atoms with Crippen LogP contribution in [0.3, 0.4) is 0 Å². The van der Waals surface area contributed by atoms with Gasteiger partial charge in [-0.05, 0) is 48.7 Å². The molecule has 6 nitrogen and oxygen atoms in total. The lowest BCUT2D eigenvalue weighted by Gasteiger charge is -2.20. The maximum atomic E-state index is 13.0. The molecule has 3 aromatic heterocycles. The summed E-state index contributed by atoms with van der Waals surface area (Å²) in [5.74, 6) is 0.828. The number of nitrogens with one attached hydrogen (secondary N) is 1. The van der Waals surface area contributed by atoms with E-state index in [-0.39, 0.29) is 5.56 Å². The lowest BCUT2D eigenvalue weighted by Crippen LogP contribution is -2.24. The molecule has 5 rings (SSSR count). The Morgan fingerprint density at radius 3 is 2.88 bits per heavy atom. The van der Waals surface area contributed by atoms with Gasteiger partial charge in [-0.25, -0.2) is 0 Å². The molecule has 26 heavy (non-hydrogen) atoms. The van der Waals surface area contributed by atoms with Gasteiger partial charge in [0.2, 0.25) is 0 Å². The third kappa shape index (κ3) is 2.08. The van der Waals surface area contributed by atoms with Gasteiger partial charge in [0.1, 0.15) is 11.4 Å². The van der Waals surface area contributed by atoms with Gasteiger partial charge >= 0.3 is 0 Å². The van der Waals surface area contributed by atoms with Crippen LogP contribution < -0.4 is 10.3 Å². The first-order valence-electron chi connectivity index (χ1n) is 8.48. The van der Waals surface area contributed by atoms with Crippen LogP contribution in [0.5, 0.6) is 5.75 Å². The van der Waals surface area contributed by atoms with Crippen molar-refractivity contribution in [3.8, 4) is 28.3 Å². The third-order valence-electron chi connectivity index (χ3n) is 4.93. The topological polar surface area (TPSA) is 72.3 Å². The molecule has 0 aliphatic heterocycles. The van der Waals surface area contributed by atoms with E-state index in [1.807, 2.05) is 36.4 Å². The normalized spacial score (nSPS) is 12.7. The summed E-state index contributed by atoms with van der Waals surface area (Å²) in [6.45, 7) is 0. The van der Waals surface area contributed by atoms with Gasteiger partial charge in [-0.15, -0.1) is 0 Å². The van der Waals surface area contributed by atoms with Crippen LogP contribution in [-0.4, -0.2) is 26.7 Å². The Morgan fingerprint density at radius 2 is 2.08 bits per heavy atom. The summed E-state index contributed by atoms with van der Waals surface area (Å²) in [7, 11) is 1.66. The number of ether oxygens (including phenoxy) is 1. The fraction of sp³-hybridized carbons (Fsp3) is 0.150. The zero-order valence-corrected chi connectivity index (χ0v) is 14.2. The number of methoxy groups -OCH3 is 1. The zero-order chi connectivity index (χ0) is 17.7. The summed E-state index contributed by atoms with van der Waals surface area (Å²) >= 11 is 0. The Kier molecular flexibility index (Phi) is 3.18. The number of aromatic amines is 1. The largest absolute Gasteiger partial charge is 0.497 e. The van der Waals surface area contributed by atoms with Crippen molar-refractivity contribution in [2.75, 3.05) is 7.11 Å². The van der Waals surface area contributed by atoms with Crippen molar-refractivity contribution in [3.63, 3.8) is 0 Å². The number of hydrogen-bond donors (Lipinski definition) is 1. The maximum absolute atomic E-state index is 13.0. The number of nitrogens with zero attached hydrogens (tertiary/aromatic N) is 3. The number of aryl methyl sites for hydroxylation is 1. The van der Waals surface area contributed by atoms with Crippen LogP contribution in [0.2, 0.25) is 0 Å². The van der Waals surface area contributed by atoms with Crippen LogP contribution in [0.15, 0.2) is 53.6 Å². The number of benzene rings is 1. The van der Waals surface area contributed by atoms with Crippen LogP contribution in [-0.2, 0) is 12.8 Å². The number of pyridine rings is 1. The maximum Gasteiger partial charge on any atom is 0.278 e. The van der Waals surface area contributed by atoms with Crippen molar-refractivity contribution in [3.05, 3.63) is 70.3 Å². The second-order valence-electron chi connectivity index (χ2n) is 6.34. The first-order valence-corrected chi connectivity index (χ1v) is 8.48. The Hall–Kier alpha value is -3.41. The van der Waals surface area contributed by atoms with Gasteiger partial charge in [0.25, 0.3) is 5.56 Å². The van der Waals surface area contributed by atoms with E-state index in [4.69, 9.17) is 4.74 Å². The third-order valence-corrected chi connectivity index (χ3v) is 4.93. The summed E-state index contributed by atoms with van der Waals surface area (Å²) in [5.41, 5.74) is 6.04. The van der Waals surface area contributed by atoms with E-state index in [1.54, 1.807) is 19.5 Å². The minimum absolute atomic E-state index is 0.0719. The van der Waals surface area contributed by atoms with Crippen LogP contribution in [0.25, 0.3) is 28.2 Å². The Bertz CT molecular complexity index is 1190. The smallest absolute Gasteiger partial charge is 0.278 e. The molecule has 0 atom stereocenters. The van der Waals surface area contributed by atoms with Crippen LogP contribution >= 0.6 is 0 Å². The lowest BCUT2D eigenvalue weighted by molar-refractivity contribution is 0.414. The van der Waals surface area contributed by atoms with E-state index in [0.717, 1.165) is 40.2 Å². The fourth-order valence-corrected chi connectivity index (χ4v) is 3.63. The average Bonchev–Trinajstić information content (AvgIpc) is 3.12. The summed E-state index contributed by atoms with van der Waals surface area (Å²) in [4.78, 5) is 20.8. The Labute approximate surface area is 149 Å². The van der Waals surface area contributed by atoms with Crippen molar-refractivity contribution in [2.45, 2.75) is 12.8 Å². The monoisotopic (exact) mass is 344 g/mol. The molecule has 4 aromatic rings. The van der Waals surface area contributed by atoms with Crippen LogP contribution in [0.4, 0.5) is 0 Å². The fourth-order valence-electron chi connectivity index (χ4n) is 3.63. The highest BCUT2D eigenvalue weighted by Gasteiger charge is 2.23. The predicted molar refractivity (Wildman–Crippen MR) is 98.4 cm³/mol. The minimum Gasteiger partial charge on any atom is -0.497 e. The first kappa shape index (κ1) is 14.9. The highest BCUT2D eigenvalue weighted by atomic mass is 16.5. The molecule has 1 N–H and O–H groups in total. The highest BCUT2D eigenvalue weighted by molar-refractivity contribution is 5.78. The standard InChI is InChI=1S/C20H16N4O2/c1-26-13-6-8-14-12(10-13)5-7-15-18(14)23-19-16(11-22-24(19)20(15)25)17-4-2-3-9-21-17/h2-4,6,8-11,23H,5,7H2,1H3. The number of aromatic nitrogens is 4. The molecule has 0 unspecified atom stereocenters. The molecule has 0 fully saturated rings. The Morgan fingerprint density at radius 1 is 1.15 bits per heavy atom. The van der Waals surface area contributed by atoms with E-state index in [9.17, 15) is 4.79 Å². The minimum atomic E-state index is -0.0719. The van der Waals surface area contributed by atoms with E-state index in [2.05, 4.69) is 15.1 Å². The molecule has 0 radical (unpaired) electrons. The molecule has 1 aliphatic carbocycles. The summed E-state index contributed by atoms with van der Waals surface area (Å²) in [6, 6.07) is 11.7. The van der Waals surface area contributed by atoms with Gasteiger partial charge in [-0.2, -0.15) is 9.61 Å². The van der Waals surface area contributed by atoms with Crippen molar-refractivity contribution in [2.24, 2.45) is 0 Å². The van der Waals surface area contributed by atoms with Crippen LogP contribution in [0, 0.1) is 0 Å². The molecule has 128 valence electrons. The molecular formula is C20H16N4O2. The number of fused-ring (bicyclic) bond motifs is 4. The highest BCUT2D eigenvalue weighted by Crippen LogP contribution is 2.34. The summed E-state index contributed by atoms with van der Waals surface area (Å²) < 4.78 is 6.77. The van der Waals surface area contributed by atoms with Gasteiger partial charge in [-0.1, -0.05) is 6.07 Å². The lowest BCUT2D eigenvalue weighted by atomic mass is 9.89. The molecule has 0 bridgehead atoms. The predicted octanol–water partition coefficient (Wildman–Crippen LogP) is 2.86. The number of hydrogen-bond acceptors (Lipinski definition) is 4. The van der Waals surface area contributed by atoms with E-state index in [0.29, 0.717) is 12.1 Å². The Balaban J connectivity index is 1.79. The van der Waals surface area contributed by atoms with Crippen molar-refractivity contribution >= 4 is 5.65 Å². The van der Waals surface area contributed by atoms with Gasteiger partial charge in [0.15, 0.2) is 0 Å². The van der Waals surface area contributed by atoms with Gasteiger partial charge in [-0.3, -0.25) is 9.78 Å². The summed E-state index contributed by atoms with van der Waals surface area (Å²) in [6.07, 6.45) is 4.91. The molecule has 0 saturated carbocycles. The van der Waals surface area contributed by atoms with Gasteiger partial charge < -0.3 is 9.72 Å². The molecule has 0 spiro atoms. The van der Waals surface area contributed by atoms with Gasteiger partial charge in [0.05, 0.1) is 30.3 Å². The van der Waals surface area contributed by atoms with Gasteiger partial charge in [0, 0.05) is 17.3 Å². The van der Waals surface area contributed by atoms with Crippen molar-refractivity contribution in [1.82, 2.24) is 19.6 Å². The quantitative estimate of drug-likeness (QED) is 0.607. The SMILES string of the molecule is COc1ccc2c(c1)CCc1c-2[nH]c2c(-c3ccccn3)cnn2c1=O. The second-order valence-corrected chi connectivity index (χ2v) is 6.34. The van der Waals surface area contributed by atoms with E-state index < -0.39 is 0 Å². The van der Waals surface area contributed by atoms with Crippen LogP contribution in [0.1, 0.15) is 11.1 Å². The number of H-pyrrole nitrogens is 1. The zero-order valence-electron chi connectivity index (χ0n) is 14.2. The summed E-state index contributed by atoms with van der Waals surface area (Å²) in [5, 5.41) is 4.30.